The fraction of sp³-hybridized carbons (Fsp3) is 0.286. The largest absolute Gasteiger partial charge is 0.493 e. The Hall–Kier alpha value is -1.05. The molecule has 0 atom stereocenters. The van der Waals surface area contributed by atoms with E-state index in [1.165, 1.54) is 11.8 Å². The van der Waals surface area contributed by atoms with Gasteiger partial charge in [-0.05, 0) is 46.1 Å². The zero-order valence-electron chi connectivity index (χ0n) is 11.6. The molecule has 0 saturated carbocycles. The summed E-state index contributed by atoms with van der Waals surface area (Å²) < 4.78 is 12.3. The number of rotatable bonds is 5. The van der Waals surface area contributed by atoms with E-state index in [1.54, 1.807) is 13.2 Å². The quantitative estimate of drug-likeness (QED) is 0.615. The van der Waals surface area contributed by atoms with Crippen LogP contribution in [0.4, 0.5) is 0 Å². The van der Waals surface area contributed by atoms with Crippen LogP contribution in [0.1, 0.15) is 18.9 Å². The van der Waals surface area contributed by atoms with Crippen LogP contribution in [-0.2, 0) is 4.79 Å². The average Bonchev–Trinajstić information content (AvgIpc) is 2.75. The molecule has 21 heavy (non-hydrogen) atoms. The summed E-state index contributed by atoms with van der Waals surface area (Å²) in [4.78, 5) is 12.2. The van der Waals surface area contributed by atoms with Gasteiger partial charge < -0.3 is 14.8 Å². The van der Waals surface area contributed by atoms with Crippen molar-refractivity contribution in [1.82, 2.24) is 5.32 Å². The first-order valence-electron chi connectivity index (χ1n) is 6.30. The monoisotopic (exact) mass is 387 g/mol. The fourth-order valence-corrected chi connectivity index (χ4v) is 3.36. The number of hydrogen-bond donors (Lipinski definition) is 1. The van der Waals surface area contributed by atoms with Gasteiger partial charge in [-0.2, -0.15) is 0 Å². The van der Waals surface area contributed by atoms with Crippen LogP contribution in [0.2, 0.25) is 0 Å². The van der Waals surface area contributed by atoms with Gasteiger partial charge in [0.2, 0.25) is 0 Å². The SMILES string of the molecule is CCCOc1c(Br)cc(/C=C2/SC(=S)NC2=O)cc1OC. The Bertz CT molecular complexity index is 616. The number of benzene rings is 1. The van der Waals surface area contributed by atoms with Gasteiger partial charge >= 0.3 is 0 Å². The summed E-state index contributed by atoms with van der Waals surface area (Å²) in [6.07, 6.45) is 2.69. The lowest BCUT2D eigenvalue weighted by molar-refractivity contribution is -0.115. The fourth-order valence-electron chi connectivity index (χ4n) is 1.74. The van der Waals surface area contributed by atoms with Gasteiger partial charge in [0.15, 0.2) is 11.5 Å². The van der Waals surface area contributed by atoms with Crippen LogP contribution in [0.5, 0.6) is 11.5 Å². The second kappa shape index (κ2) is 7.29. The van der Waals surface area contributed by atoms with Crippen LogP contribution in [-0.4, -0.2) is 23.9 Å². The molecule has 2 rings (SSSR count). The van der Waals surface area contributed by atoms with Crippen molar-refractivity contribution in [2.75, 3.05) is 13.7 Å². The number of halogens is 1. The average molecular weight is 388 g/mol. The van der Waals surface area contributed by atoms with E-state index >= 15 is 0 Å². The van der Waals surface area contributed by atoms with Crippen molar-refractivity contribution >= 4 is 56.2 Å². The number of ether oxygens (including phenoxy) is 2. The number of methoxy groups -OCH3 is 1. The summed E-state index contributed by atoms with van der Waals surface area (Å²) in [5.41, 5.74) is 0.838. The van der Waals surface area contributed by atoms with Crippen molar-refractivity contribution < 1.29 is 14.3 Å². The first kappa shape index (κ1) is 16.3. The van der Waals surface area contributed by atoms with Crippen LogP contribution in [0.15, 0.2) is 21.5 Å². The predicted molar refractivity (Wildman–Crippen MR) is 92.8 cm³/mol. The molecular weight excluding hydrogens is 374 g/mol. The molecule has 1 fully saturated rings. The molecule has 0 unspecified atom stereocenters. The zero-order chi connectivity index (χ0) is 15.4. The van der Waals surface area contributed by atoms with Crippen molar-refractivity contribution in [3.05, 3.63) is 27.1 Å². The number of carbonyl (C=O) groups is 1. The molecule has 7 heteroatoms. The van der Waals surface area contributed by atoms with Crippen molar-refractivity contribution in [3.8, 4) is 11.5 Å². The van der Waals surface area contributed by atoms with Gasteiger partial charge in [0.05, 0.1) is 23.1 Å². The maximum atomic E-state index is 11.7. The van der Waals surface area contributed by atoms with E-state index in [2.05, 4.69) is 21.2 Å². The van der Waals surface area contributed by atoms with Crippen LogP contribution in [0.25, 0.3) is 6.08 Å². The molecule has 112 valence electrons. The molecule has 1 saturated heterocycles. The van der Waals surface area contributed by atoms with Gasteiger partial charge in [-0.3, -0.25) is 4.79 Å². The highest BCUT2D eigenvalue weighted by Crippen LogP contribution is 2.38. The molecule has 0 spiro atoms. The number of carbonyl (C=O) groups excluding carboxylic acids is 1. The normalized spacial score (nSPS) is 16.2. The Morgan fingerprint density at radius 2 is 2.24 bits per heavy atom. The number of thioether (sulfide) groups is 1. The van der Waals surface area contributed by atoms with Gasteiger partial charge in [-0.25, -0.2) is 0 Å². The highest BCUT2D eigenvalue weighted by atomic mass is 79.9. The maximum absolute atomic E-state index is 11.7. The third kappa shape index (κ3) is 3.99. The first-order valence-corrected chi connectivity index (χ1v) is 8.32. The lowest BCUT2D eigenvalue weighted by Crippen LogP contribution is -2.17. The minimum atomic E-state index is -0.175. The Morgan fingerprint density at radius 1 is 1.48 bits per heavy atom. The van der Waals surface area contributed by atoms with E-state index in [1.807, 2.05) is 19.1 Å². The molecule has 0 aliphatic carbocycles. The molecule has 1 heterocycles. The standard InChI is InChI=1S/C14H14BrNO3S2/c1-3-4-19-12-9(15)5-8(6-10(12)18-2)7-11-13(17)16-14(20)21-11/h5-7H,3-4H2,1-2H3,(H,16,17,20)/b11-7+. The highest BCUT2D eigenvalue weighted by Gasteiger charge is 2.22. The molecule has 1 amide bonds. The van der Waals surface area contributed by atoms with Crippen molar-refractivity contribution in [2.45, 2.75) is 13.3 Å². The van der Waals surface area contributed by atoms with Crippen molar-refractivity contribution in [1.29, 1.82) is 0 Å². The second-order valence-corrected chi connectivity index (χ2v) is 6.81. The molecule has 0 bridgehead atoms. The van der Waals surface area contributed by atoms with Crippen LogP contribution in [0, 0.1) is 0 Å². The Kier molecular flexibility index (Phi) is 5.66. The third-order valence-electron chi connectivity index (χ3n) is 2.64. The van der Waals surface area contributed by atoms with Crippen LogP contribution >= 0.6 is 39.9 Å². The molecule has 0 aromatic heterocycles. The van der Waals surface area contributed by atoms with Gasteiger partial charge in [-0.1, -0.05) is 30.9 Å². The van der Waals surface area contributed by atoms with E-state index < -0.39 is 0 Å². The number of thiocarbonyl (C=S) groups is 1. The summed E-state index contributed by atoms with van der Waals surface area (Å²) in [5, 5.41) is 2.59. The van der Waals surface area contributed by atoms with Gasteiger partial charge in [-0.15, -0.1) is 0 Å². The summed E-state index contributed by atoms with van der Waals surface area (Å²) in [6, 6.07) is 3.72. The minimum absolute atomic E-state index is 0.175. The lowest BCUT2D eigenvalue weighted by Gasteiger charge is -2.13. The Morgan fingerprint density at radius 3 is 2.81 bits per heavy atom. The molecular formula is C14H14BrNO3S2. The van der Waals surface area contributed by atoms with Crippen molar-refractivity contribution in [3.63, 3.8) is 0 Å². The minimum Gasteiger partial charge on any atom is -0.493 e. The number of nitrogens with one attached hydrogen (secondary N) is 1. The Balaban J connectivity index is 2.34. The molecule has 4 nitrogen and oxygen atoms in total. The van der Waals surface area contributed by atoms with Crippen molar-refractivity contribution in [2.24, 2.45) is 0 Å². The van der Waals surface area contributed by atoms with E-state index in [4.69, 9.17) is 21.7 Å². The van der Waals surface area contributed by atoms with E-state index in [-0.39, 0.29) is 5.91 Å². The van der Waals surface area contributed by atoms with Crippen LogP contribution < -0.4 is 14.8 Å². The van der Waals surface area contributed by atoms with E-state index in [0.717, 1.165) is 16.5 Å². The first-order chi connectivity index (χ1) is 10.0. The summed E-state index contributed by atoms with van der Waals surface area (Å²) in [5.74, 6) is 1.11. The zero-order valence-corrected chi connectivity index (χ0v) is 14.8. The molecule has 1 N–H and O–H groups in total. The molecule has 0 radical (unpaired) electrons. The molecule has 1 aliphatic heterocycles. The van der Waals surface area contributed by atoms with Gasteiger partial charge in [0, 0.05) is 0 Å². The van der Waals surface area contributed by atoms with Crippen LogP contribution in [0.3, 0.4) is 0 Å². The second-order valence-electron chi connectivity index (χ2n) is 4.23. The third-order valence-corrected chi connectivity index (χ3v) is 4.39. The van der Waals surface area contributed by atoms with E-state index in [0.29, 0.717) is 27.3 Å². The summed E-state index contributed by atoms with van der Waals surface area (Å²) >= 11 is 9.70. The topological polar surface area (TPSA) is 47.6 Å². The lowest BCUT2D eigenvalue weighted by atomic mass is 10.2. The smallest absolute Gasteiger partial charge is 0.263 e. The molecule has 1 aromatic rings. The van der Waals surface area contributed by atoms with E-state index in [9.17, 15) is 4.79 Å². The number of hydrogen-bond acceptors (Lipinski definition) is 5. The Labute approximate surface area is 141 Å². The van der Waals surface area contributed by atoms with Gasteiger partial charge in [0.25, 0.3) is 5.91 Å². The number of amides is 1. The predicted octanol–water partition coefficient (Wildman–Crippen LogP) is 3.74. The maximum Gasteiger partial charge on any atom is 0.263 e. The summed E-state index contributed by atoms with van der Waals surface area (Å²) in [7, 11) is 1.59. The molecule has 1 aliphatic rings. The molecule has 1 aromatic carbocycles. The summed E-state index contributed by atoms with van der Waals surface area (Å²) in [6.45, 7) is 2.65. The van der Waals surface area contributed by atoms with Gasteiger partial charge in [0.1, 0.15) is 4.32 Å². The highest BCUT2D eigenvalue weighted by molar-refractivity contribution is 9.10.